The number of benzene rings is 2. The van der Waals surface area contributed by atoms with Crippen molar-refractivity contribution in [2.75, 3.05) is 13.1 Å². The molecule has 1 aliphatic heterocycles. The second-order valence-corrected chi connectivity index (χ2v) is 6.91. The van der Waals surface area contributed by atoms with Crippen molar-refractivity contribution in [3.05, 3.63) is 59.9 Å². The van der Waals surface area contributed by atoms with Crippen molar-refractivity contribution in [1.29, 1.82) is 0 Å². The van der Waals surface area contributed by atoms with E-state index >= 15 is 0 Å². The Morgan fingerprint density at radius 3 is 2.38 bits per heavy atom. The lowest BCUT2D eigenvalue weighted by molar-refractivity contribution is 0.367. The molecule has 2 aromatic carbocycles. The SMILES string of the molecule is Fc1cccc(Oc2ccccc2CC2CCNCC2)c1.O=S(=O)(O)O. The number of rotatable bonds is 4. The minimum Gasteiger partial charge on any atom is -0.457 e. The summed E-state index contributed by atoms with van der Waals surface area (Å²) < 4.78 is 50.7. The minimum absolute atomic E-state index is 0.275. The standard InChI is InChI=1S/C18H20FNO.H2O4S/c19-16-5-3-6-17(13-16)21-18-7-2-1-4-15(18)12-14-8-10-20-11-9-14;1-5(2,3)4/h1-7,13-14,20H,8-12H2;(H2,1,2,3,4). The lowest BCUT2D eigenvalue weighted by Gasteiger charge is -2.23. The smallest absolute Gasteiger partial charge is 0.394 e. The van der Waals surface area contributed by atoms with E-state index in [-0.39, 0.29) is 5.82 Å². The first-order valence-electron chi connectivity index (χ1n) is 8.23. The normalized spacial score (nSPS) is 15.0. The third-order valence-corrected chi connectivity index (χ3v) is 3.96. The quantitative estimate of drug-likeness (QED) is 0.700. The summed E-state index contributed by atoms with van der Waals surface area (Å²) in [5, 5.41) is 3.39. The maximum atomic E-state index is 13.3. The Balaban J connectivity index is 0.000000431. The number of nitrogens with one attached hydrogen (secondary N) is 1. The van der Waals surface area contributed by atoms with Gasteiger partial charge in [0.25, 0.3) is 0 Å². The molecule has 0 unspecified atom stereocenters. The van der Waals surface area contributed by atoms with Gasteiger partial charge >= 0.3 is 10.4 Å². The largest absolute Gasteiger partial charge is 0.457 e. The molecule has 0 bridgehead atoms. The van der Waals surface area contributed by atoms with Crippen LogP contribution in [0.2, 0.25) is 0 Å². The van der Waals surface area contributed by atoms with Crippen molar-refractivity contribution in [1.82, 2.24) is 5.32 Å². The number of hydrogen-bond acceptors (Lipinski definition) is 4. The van der Waals surface area contributed by atoms with Crippen molar-refractivity contribution in [2.45, 2.75) is 19.3 Å². The molecule has 2 aromatic rings. The monoisotopic (exact) mass is 383 g/mol. The molecule has 1 fully saturated rings. The second kappa shape index (κ2) is 9.63. The Hall–Kier alpha value is -2.00. The first-order chi connectivity index (χ1) is 12.3. The molecule has 8 heteroatoms. The predicted molar refractivity (Wildman–Crippen MR) is 96.4 cm³/mol. The number of ether oxygens (including phenoxy) is 1. The molecule has 3 rings (SSSR count). The highest BCUT2D eigenvalue weighted by Crippen LogP contribution is 2.29. The van der Waals surface area contributed by atoms with Crippen molar-refractivity contribution in [3.63, 3.8) is 0 Å². The maximum Gasteiger partial charge on any atom is 0.394 e. The van der Waals surface area contributed by atoms with Crippen LogP contribution in [-0.2, 0) is 16.8 Å². The molecule has 1 aliphatic rings. The van der Waals surface area contributed by atoms with Gasteiger partial charge < -0.3 is 10.1 Å². The Morgan fingerprint density at radius 2 is 1.73 bits per heavy atom. The molecular weight excluding hydrogens is 361 g/mol. The summed E-state index contributed by atoms with van der Waals surface area (Å²) in [5.74, 6) is 1.81. The van der Waals surface area contributed by atoms with Crippen LogP contribution in [-0.4, -0.2) is 30.6 Å². The van der Waals surface area contributed by atoms with Gasteiger partial charge in [0.2, 0.25) is 0 Å². The van der Waals surface area contributed by atoms with Gasteiger partial charge in [-0.05, 0) is 62.0 Å². The van der Waals surface area contributed by atoms with E-state index in [4.69, 9.17) is 22.3 Å². The summed E-state index contributed by atoms with van der Waals surface area (Å²) in [6.07, 6.45) is 3.43. The Bertz CT molecular complexity index is 799. The molecule has 0 saturated carbocycles. The first-order valence-corrected chi connectivity index (χ1v) is 9.63. The zero-order valence-corrected chi connectivity index (χ0v) is 15.0. The van der Waals surface area contributed by atoms with Gasteiger partial charge in [0.15, 0.2) is 0 Å². The van der Waals surface area contributed by atoms with Crippen LogP contribution in [0.4, 0.5) is 4.39 Å². The fraction of sp³-hybridized carbons (Fsp3) is 0.333. The molecule has 3 N–H and O–H groups in total. The number of halogens is 1. The molecule has 0 amide bonds. The molecule has 6 nitrogen and oxygen atoms in total. The van der Waals surface area contributed by atoms with E-state index in [1.54, 1.807) is 12.1 Å². The molecule has 1 heterocycles. The Labute approximate surface area is 152 Å². The molecule has 26 heavy (non-hydrogen) atoms. The third-order valence-electron chi connectivity index (χ3n) is 3.96. The van der Waals surface area contributed by atoms with Crippen molar-refractivity contribution in [3.8, 4) is 11.5 Å². The van der Waals surface area contributed by atoms with Gasteiger partial charge in [-0.3, -0.25) is 9.11 Å². The number of para-hydroxylation sites is 1. The molecule has 0 aliphatic carbocycles. The predicted octanol–water partition coefficient (Wildman–Crippen LogP) is 3.51. The Morgan fingerprint density at radius 1 is 1.08 bits per heavy atom. The summed E-state index contributed by atoms with van der Waals surface area (Å²) in [5.41, 5.74) is 1.20. The van der Waals surface area contributed by atoms with Crippen LogP contribution < -0.4 is 10.1 Å². The van der Waals surface area contributed by atoms with Gasteiger partial charge in [0, 0.05) is 6.07 Å². The van der Waals surface area contributed by atoms with Crippen LogP contribution in [0.15, 0.2) is 48.5 Å². The van der Waals surface area contributed by atoms with E-state index in [1.165, 1.54) is 30.5 Å². The fourth-order valence-corrected chi connectivity index (χ4v) is 2.83. The lowest BCUT2D eigenvalue weighted by Crippen LogP contribution is -2.28. The maximum absolute atomic E-state index is 13.3. The van der Waals surface area contributed by atoms with E-state index in [9.17, 15) is 4.39 Å². The molecule has 0 spiro atoms. The van der Waals surface area contributed by atoms with Crippen LogP contribution >= 0.6 is 0 Å². The van der Waals surface area contributed by atoms with E-state index in [2.05, 4.69) is 11.4 Å². The van der Waals surface area contributed by atoms with Crippen LogP contribution in [0.1, 0.15) is 18.4 Å². The highest BCUT2D eigenvalue weighted by molar-refractivity contribution is 7.79. The minimum atomic E-state index is -4.67. The van der Waals surface area contributed by atoms with Crippen LogP contribution in [0, 0.1) is 11.7 Å². The zero-order chi connectivity index (χ0) is 19.0. The van der Waals surface area contributed by atoms with E-state index in [0.29, 0.717) is 11.7 Å². The third kappa shape index (κ3) is 7.92. The van der Waals surface area contributed by atoms with E-state index < -0.39 is 10.4 Å². The van der Waals surface area contributed by atoms with Gasteiger partial charge in [-0.15, -0.1) is 0 Å². The summed E-state index contributed by atoms with van der Waals surface area (Å²) in [7, 11) is -4.67. The molecule has 0 atom stereocenters. The molecular formula is C18H22FNO5S. The van der Waals surface area contributed by atoms with Gasteiger partial charge in [-0.1, -0.05) is 24.3 Å². The topological polar surface area (TPSA) is 95.9 Å². The van der Waals surface area contributed by atoms with Gasteiger partial charge in [-0.25, -0.2) is 4.39 Å². The highest BCUT2D eigenvalue weighted by Gasteiger charge is 2.16. The van der Waals surface area contributed by atoms with Crippen LogP contribution in [0.3, 0.4) is 0 Å². The van der Waals surface area contributed by atoms with Crippen LogP contribution in [0.5, 0.6) is 11.5 Å². The Kier molecular flexibility index (Phi) is 7.52. The molecule has 142 valence electrons. The average molecular weight is 383 g/mol. The summed E-state index contributed by atoms with van der Waals surface area (Å²) >= 11 is 0. The molecule has 0 aromatic heterocycles. The summed E-state index contributed by atoms with van der Waals surface area (Å²) in [6, 6.07) is 14.4. The first kappa shape index (κ1) is 20.3. The van der Waals surface area contributed by atoms with Gasteiger partial charge in [0.1, 0.15) is 17.3 Å². The molecule has 0 radical (unpaired) electrons. The van der Waals surface area contributed by atoms with E-state index in [0.717, 1.165) is 25.3 Å². The summed E-state index contributed by atoms with van der Waals surface area (Å²) in [4.78, 5) is 0. The summed E-state index contributed by atoms with van der Waals surface area (Å²) in [6.45, 7) is 2.19. The fourth-order valence-electron chi connectivity index (χ4n) is 2.83. The van der Waals surface area contributed by atoms with Crippen molar-refractivity contribution in [2.24, 2.45) is 5.92 Å². The highest BCUT2D eigenvalue weighted by atomic mass is 32.3. The van der Waals surface area contributed by atoms with Crippen molar-refractivity contribution >= 4 is 10.4 Å². The molecule has 1 saturated heterocycles. The van der Waals surface area contributed by atoms with Gasteiger partial charge in [0.05, 0.1) is 0 Å². The van der Waals surface area contributed by atoms with Crippen molar-refractivity contribution < 1.29 is 26.7 Å². The lowest BCUT2D eigenvalue weighted by atomic mass is 9.90. The number of piperidine rings is 1. The second-order valence-electron chi connectivity index (χ2n) is 6.01. The van der Waals surface area contributed by atoms with Gasteiger partial charge in [-0.2, -0.15) is 8.42 Å². The van der Waals surface area contributed by atoms with Crippen LogP contribution in [0.25, 0.3) is 0 Å². The average Bonchev–Trinajstić information content (AvgIpc) is 2.56. The van der Waals surface area contributed by atoms with E-state index in [1.807, 2.05) is 18.2 Å². The number of hydrogen-bond donors (Lipinski definition) is 3. The zero-order valence-electron chi connectivity index (χ0n) is 14.1.